The van der Waals surface area contributed by atoms with E-state index in [2.05, 4.69) is 0 Å². The van der Waals surface area contributed by atoms with Crippen molar-refractivity contribution in [2.45, 2.75) is 11.8 Å². The van der Waals surface area contributed by atoms with Crippen LogP contribution in [0.4, 0.5) is 8.78 Å². The average Bonchev–Trinajstić information content (AvgIpc) is 2.23. The number of hydrogen-bond donors (Lipinski definition) is 2. The van der Waals surface area contributed by atoms with E-state index in [0.717, 1.165) is 12.1 Å². The van der Waals surface area contributed by atoms with E-state index in [9.17, 15) is 13.6 Å². The summed E-state index contributed by atoms with van der Waals surface area (Å²) in [6.45, 7) is 0. The van der Waals surface area contributed by atoms with E-state index in [1.807, 2.05) is 0 Å². The minimum Gasteiger partial charge on any atom is -0.480 e. The van der Waals surface area contributed by atoms with Crippen molar-refractivity contribution < 1.29 is 18.7 Å². The van der Waals surface area contributed by atoms with E-state index >= 15 is 0 Å². The molecule has 0 spiro atoms. The number of aliphatic carboxylic acids is 1. The number of carboxylic acid groups (broad SMARTS) is 1. The predicted molar refractivity (Wildman–Crippen MR) is 58.1 cm³/mol. The van der Waals surface area contributed by atoms with Gasteiger partial charge in [-0.25, -0.2) is 8.78 Å². The van der Waals surface area contributed by atoms with Gasteiger partial charge >= 0.3 is 5.97 Å². The third kappa shape index (κ3) is 3.79. The van der Waals surface area contributed by atoms with Crippen molar-refractivity contribution in [2.75, 3.05) is 5.75 Å². The standard InChI is InChI=1S/C10H11F2NO2S/c11-7-2-1-6(3-8(7)12)4-16-5-9(13)10(14)15/h1-3,9H,4-5,13H2,(H,14,15)/t9-/m0/s1. The molecule has 0 saturated heterocycles. The van der Waals surface area contributed by atoms with Gasteiger partial charge in [0.15, 0.2) is 11.6 Å². The number of thioether (sulfide) groups is 1. The van der Waals surface area contributed by atoms with Gasteiger partial charge in [0.2, 0.25) is 0 Å². The summed E-state index contributed by atoms with van der Waals surface area (Å²) in [6, 6.07) is 2.66. The SMILES string of the molecule is N[C@@H](CSCc1ccc(F)c(F)c1)C(=O)O. The summed E-state index contributed by atoms with van der Waals surface area (Å²) in [6.07, 6.45) is 0. The summed E-state index contributed by atoms with van der Waals surface area (Å²) >= 11 is 1.26. The fourth-order valence-electron chi connectivity index (χ4n) is 1.00. The highest BCUT2D eigenvalue weighted by atomic mass is 32.2. The molecule has 1 aromatic carbocycles. The quantitative estimate of drug-likeness (QED) is 0.829. The maximum atomic E-state index is 12.8. The fourth-order valence-corrected chi connectivity index (χ4v) is 1.93. The second kappa shape index (κ2) is 5.81. The molecule has 0 unspecified atom stereocenters. The molecular weight excluding hydrogens is 236 g/mol. The lowest BCUT2D eigenvalue weighted by Gasteiger charge is -2.06. The number of nitrogens with two attached hydrogens (primary N) is 1. The van der Waals surface area contributed by atoms with Crippen LogP contribution in [-0.2, 0) is 10.5 Å². The normalized spacial score (nSPS) is 12.4. The molecule has 0 bridgehead atoms. The Kier molecular flexibility index (Phi) is 4.70. The third-order valence-electron chi connectivity index (χ3n) is 1.87. The number of rotatable bonds is 5. The molecule has 0 fully saturated rings. The summed E-state index contributed by atoms with van der Waals surface area (Å²) < 4.78 is 25.4. The molecule has 0 heterocycles. The molecule has 3 nitrogen and oxygen atoms in total. The van der Waals surface area contributed by atoms with Crippen LogP contribution < -0.4 is 5.73 Å². The van der Waals surface area contributed by atoms with Crippen molar-refractivity contribution >= 4 is 17.7 Å². The molecule has 1 aromatic rings. The van der Waals surface area contributed by atoms with E-state index in [1.165, 1.54) is 17.8 Å². The van der Waals surface area contributed by atoms with Crippen LogP contribution in [0.2, 0.25) is 0 Å². The zero-order valence-electron chi connectivity index (χ0n) is 8.32. The largest absolute Gasteiger partial charge is 0.480 e. The summed E-state index contributed by atoms with van der Waals surface area (Å²) in [7, 11) is 0. The molecule has 3 N–H and O–H groups in total. The highest BCUT2D eigenvalue weighted by Crippen LogP contribution is 2.15. The van der Waals surface area contributed by atoms with Crippen LogP contribution in [0.3, 0.4) is 0 Å². The topological polar surface area (TPSA) is 63.3 Å². The van der Waals surface area contributed by atoms with E-state index < -0.39 is 23.6 Å². The van der Waals surface area contributed by atoms with Gasteiger partial charge in [-0.15, -0.1) is 0 Å². The van der Waals surface area contributed by atoms with Crippen LogP contribution >= 0.6 is 11.8 Å². The average molecular weight is 247 g/mol. The van der Waals surface area contributed by atoms with E-state index in [0.29, 0.717) is 11.3 Å². The zero-order valence-corrected chi connectivity index (χ0v) is 9.14. The highest BCUT2D eigenvalue weighted by molar-refractivity contribution is 7.98. The lowest BCUT2D eigenvalue weighted by atomic mass is 10.2. The van der Waals surface area contributed by atoms with E-state index in [1.54, 1.807) is 0 Å². The predicted octanol–water partition coefficient (Wildman–Crippen LogP) is 1.61. The Morgan fingerprint density at radius 2 is 2.12 bits per heavy atom. The maximum absolute atomic E-state index is 12.8. The van der Waals surface area contributed by atoms with Crippen molar-refractivity contribution in [1.29, 1.82) is 0 Å². The Morgan fingerprint density at radius 1 is 1.44 bits per heavy atom. The minimum absolute atomic E-state index is 0.230. The monoisotopic (exact) mass is 247 g/mol. The Balaban J connectivity index is 2.43. The number of carbonyl (C=O) groups is 1. The van der Waals surface area contributed by atoms with Crippen LogP contribution in [-0.4, -0.2) is 22.9 Å². The van der Waals surface area contributed by atoms with Gasteiger partial charge in [0.05, 0.1) is 0 Å². The molecule has 0 radical (unpaired) electrons. The van der Waals surface area contributed by atoms with Crippen LogP contribution in [0.5, 0.6) is 0 Å². The Bertz CT molecular complexity index is 387. The zero-order chi connectivity index (χ0) is 12.1. The smallest absolute Gasteiger partial charge is 0.321 e. The molecule has 0 aromatic heterocycles. The summed E-state index contributed by atoms with van der Waals surface area (Å²) in [5, 5.41) is 8.51. The molecule has 0 aliphatic heterocycles. The van der Waals surface area contributed by atoms with Crippen molar-refractivity contribution in [1.82, 2.24) is 0 Å². The fraction of sp³-hybridized carbons (Fsp3) is 0.300. The molecule has 16 heavy (non-hydrogen) atoms. The first-order chi connectivity index (χ1) is 7.50. The van der Waals surface area contributed by atoms with Gasteiger partial charge in [-0.2, -0.15) is 11.8 Å². The second-order valence-electron chi connectivity index (χ2n) is 3.21. The van der Waals surface area contributed by atoms with E-state index in [-0.39, 0.29) is 5.75 Å². The lowest BCUT2D eigenvalue weighted by molar-refractivity contribution is -0.137. The van der Waals surface area contributed by atoms with Gasteiger partial charge in [-0.05, 0) is 17.7 Å². The molecule has 0 saturated carbocycles. The first-order valence-electron chi connectivity index (χ1n) is 4.50. The summed E-state index contributed by atoms with van der Waals surface area (Å²) in [4.78, 5) is 10.4. The summed E-state index contributed by atoms with van der Waals surface area (Å²) in [5.74, 6) is -2.23. The maximum Gasteiger partial charge on any atom is 0.321 e. The van der Waals surface area contributed by atoms with Gasteiger partial charge in [-0.1, -0.05) is 6.07 Å². The van der Waals surface area contributed by atoms with Crippen molar-refractivity contribution in [3.63, 3.8) is 0 Å². The van der Waals surface area contributed by atoms with Crippen molar-refractivity contribution in [3.8, 4) is 0 Å². The van der Waals surface area contributed by atoms with E-state index in [4.69, 9.17) is 10.8 Å². The molecule has 0 aliphatic rings. The van der Waals surface area contributed by atoms with Crippen LogP contribution in [0.25, 0.3) is 0 Å². The molecule has 0 aliphatic carbocycles. The molecule has 1 atom stereocenters. The summed E-state index contributed by atoms with van der Waals surface area (Å²) in [5.41, 5.74) is 5.88. The molecular formula is C10H11F2NO2S. The first kappa shape index (κ1) is 12.9. The Labute approximate surface area is 95.6 Å². The Hall–Kier alpha value is -1.14. The van der Waals surface area contributed by atoms with Gasteiger partial charge in [0.1, 0.15) is 6.04 Å². The highest BCUT2D eigenvalue weighted by Gasteiger charge is 2.11. The molecule has 1 rings (SSSR count). The molecule has 6 heteroatoms. The van der Waals surface area contributed by atoms with Crippen LogP contribution in [0.15, 0.2) is 18.2 Å². The number of carboxylic acids is 1. The Morgan fingerprint density at radius 3 is 2.69 bits per heavy atom. The van der Waals surface area contributed by atoms with Crippen molar-refractivity contribution in [2.24, 2.45) is 5.73 Å². The lowest BCUT2D eigenvalue weighted by Crippen LogP contribution is -2.32. The minimum atomic E-state index is -1.07. The van der Waals surface area contributed by atoms with Crippen LogP contribution in [0.1, 0.15) is 5.56 Å². The van der Waals surface area contributed by atoms with Gasteiger partial charge in [0, 0.05) is 11.5 Å². The van der Waals surface area contributed by atoms with Crippen molar-refractivity contribution in [3.05, 3.63) is 35.4 Å². The third-order valence-corrected chi connectivity index (χ3v) is 3.00. The van der Waals surface area contributed by atoms with Gasteiger partial charge in [-0.3, -0.25) is 4.79 Å². The number of hydrogen-bond acceptors (Lipinski definition) is 3. The molecule has 0 amide bonds. The number of halogens is 2. The van der Waals surface area contributed by atoms with Gasteiger partial charge in [0.25, 0.3) is 0 Å². The second-order valence-corrected chi connectivity index (χ2v) is 4.24. The first-order valence-corrected chi connectivity index (χ1v) is 5.66. The number of benzene rings is 1. The van der Waals surface area contributed by atoms with Crippen LogP contribution in [0, 0.1) is 11.6 Å². The van der Waals surface area contributed by atoms with Gasteiger partial charge < -0.3 is 10.8 Å². The molecule has 88 valence electrons.